The lowest BCUT2D eigenvalue weighted by Crippen LogP contribution is -2.32. The number of ether oxygens (including phenoxy) is 1. The smallest absolute Gasteiger partial charge is 0.337 e. The number of hydrogen-bond donors (Lipinski definition) is 0. The number of rotatable bonds is 4. The van der Waals surface area contributed by atoms with Gasteiger partial charge in [0.1, 0.15) is 0 Å². The number of carbonyl (C=O) groups excluding carboxylic acids is 3. The van der Waals surface area contributed by atoms with E-state index in [1.54, 1.807) is 24.3 Å². The summed E-state index contributed by atoms with van der Waals surface area (Å²) in [6.45, 7) is 0.592. The molecule has 0 aliphatic carbocycles. The number of benzene rings is 2. The zero-order valence-electron chi connectivity index (χ0n) is 14.8. The highest BCUT2D eigenvalue weighted by Gasteiger charge is 2.52. The predicted molar refractivity (Wildman–Crippen MR) is 98.2 cm³/mol. The largest absolute Gasteiger partial charge is 0.465 e. The number of aliphatic imine (C=N–C) groups is 1. The van der Waals surface area contributed by atoms with Gasteiger partial charge in [0.15, 0.2) is 0 Å². The highest BCUT2D eigenvalue weighted by atomic mass is 16.5. The zero-order chi connectivity index (χ0) is 19.0. The summed E-state index contributed by atoms with van der Waals surface area (Å²) in [5.74, 6) is -1.78. The van der Waals surface area contributed by atoms with Gasteiger partial charge in [-0.2, -0.15) is 0 Å². The Morgan fingerprint density at radius 1 is 1.07 bits per heavy atom. The Hall–Kier alpha value is -3.28. The Labute approximate surface area is 156 Å². The molecule has 2 heterocycles. The Kier molecular flexibility index (Phi) is 4.32. The topological polar surface area (TPSA) is 76.0 Å². The van der Waals surface area contributed by atoms with E-state index in [2.05, 4.69) is 4.99 Å². The molecule has 2 amide bonds. The Morgan fingerprint density at radius 2 is 1.78 bits per heavy atom. The maximum Gasteiger partial charge on any atom is 0.337 e. The molecule has 4 rings (SSSR count). The fourth-order valence-electron chi connectivity index (χ4n) is 3.67. The van der Waals surface area contributed by atoms with Crippen LogP contribution in [0.1, 0.15) is 21.5 Å². The van der Waals surface area contributed by atoms with Gasteiger partial charge in [0.25, 0.3) is 0 Å². The van der Waals surface area contributed by atoms with E-state index in [0.717, 1.165) is 11.1 Å². The number of fused-ring (bicyclic) bond motifs is 1. The first-order valence-corrected chi connectivity index (χ1v) is 8.72. The Balaban J connectivity index is 1.57. The van der Waals surface area contributed by atoms with Crippen LogP contribution in [0.25, 0.3) is 0 Å². The highest BCUT2D eigenvalue weighted by molar-refractivity contribution is 6.22. The molecular weight excluding hydrogens is 344 g/mol. The molecular formula is C21H18N2O4. The van der Waals surface area contributed by atoms with E-state index in [-0.39, 0.29) is 18.4 Å². The van der Waals surface area contributed by atoms with Gasteiger partial charge in [0.05, 0.1) is 43.3 Å². The minimum atomic E-state index is -0.551. The molecule has 6 nitrogen and oxygen atoms in total. The van der Waals surface area contributed by atoms with Gasteiger partial charge >= 0.3 is 5.97 Å². The summed E-state index contributed by atoms with van der Waals surface area (Å²) in [5, 5.41) is 0. The lowest BCUT2D eigenvalue weighted by Gasteiger charge is -2.16. The quantitative estimate of drug-likeness (QED) is 0.616. The van der Waals surface area contributed by atoms with Crippen molar-refractivity contribution < 1.29 is 19.1 Å². The van der Waals surface area contributed by atoms with E-state index in [4.69, 9.17) is 4.74 Å². The Bertz CT molecular complexity index is 934. The van der Waals surface area contributed by atoms with E-state index < -0.39 is 17.8 Å². The summed E-state index contributed by atoms with van der Waals surface area (Å²) in [4.78, 5) is 43.1. The van der Waals surface area contributed by atoms with Crippen molar-refractivity contribution in [2.75, 3.05) is 13.7 Å². The molecule has 2 aliphatic rings. The van der Waals surface area contributed by atoms with Crippen LogP contribution >= 0.6 is 0 Å². The number of hydrogen-bond acceptors (Lipinski definition) is 5. The van der Waals surface area contributed by atoms with Crippen LogP contribution in [0.4, 0.5) is 0 Å². The first kappa shape index (κ1) is 17.1. The summed E-state index contributed by atoms with van der Waals surface area (Å²) in [7, 11) is 1.33. The number of likely N-dealkylation sites (tertiary alicyclic amines) is 1. The standard InChI is InChI=1S/C21H18N2O4/c1-27-21(26)15-9-7-14(8-10-15)18-17-16(11-22-18)19(24)23(20(17)25)12-13-5-3-2-4-6-13/h2-10,16-17H,11-12H2,1H3/t16-,17-/m0/s1. The van der Waals surface area contributed by atoms with Crippen LogP contribution in [0.5, 0.6) is 0 Å². The van der Waals surface area contributed by atoms with Crippen molar-refractivity contribution in [1.82, 2.24) is 4.90 Å². The Morgan fingerprint density at radius 3 is 2.44 bits per heavy atom. The molecule has 0 bridgehead atoms. The van der Waals surface area contributed by atoms with Crippen LogP contribution in [0, 0.1) is 11.8 Å². The number of nitrogens with zero attached hydrogens (tertiary/aromatic N) is 2. The van der Waals surface area contributed by atoms with Crippen LogP contribution in [-0.4, -0.2) is 42.0 Å². The van der Waals surface area contributed by atoms with Crippen molar-refractivity contribution >= 4 is 23.5 Å². The van der Waals surface area contributed by atoms with Crippen LogP contribution < -0.4 is 0 Å². The zero-order valence-corrected chi connectivity index (χ0v) is 14.8. The summed E-state index contributed by atoms with van der Waals surface area (Å²) in [6.07, 6.45) is 0. The second kappa shape index (κ2) is 6.79. The maximum absolute atomic E-state index is 13.0. The van der Waals surface area contributed by atoms with Crippen molar-refractivity contribution in [1.29, 1.82) is 0 Å². The fourth-order valence-corrected chi connectivity index (χ4v) is 3.67. The molecule has 27 heavy (non-hydrogen) atoms. The van der Waals surface area contributed by atoms with Gasteiger partial charge in [0, 0.05) is 0 Å². The average Bonchev–Trinajstić information content (AvgIpc) is 3.24. The summed E-state index contributed by atoms with van der Waals surface area (Å²) < 4.78 is 4.70. The van der Waals surface area contributed by atoms with Crippen molar-refractivity contribution in [2.24, 2.45) is 16.8 Å². The molecule has 0 saturated carbocycles. The average molecular weight is 362 g/mol. The minimum Gasteiger partial charge on any atom is -0.465 e. The van der Waals surface area contributed by atoms with Crippen molar-refractivity contribution in [3.8, 4) is 0 Å². The second-order valence-corrected chi connectivity index (χ2v) is 6.63. The predicted octanol–water partition coefficient (Wildman–Crippen LogP) is 2.08. The molecule has 2 atom stereocenters. The van der Waals surface area contributed by atoms with Crippen LogP contribution in [0.3, 0.4) is 0 Å². The third-order valence-electron chi connectivity index (χ3n) is 5.06. The highest BCUT2D eigenvalue weighted by Crippen LogP contribution is 2.35. The number of carbonyl (C=O) groups is 3. The summed E-state index contributed by atoms with van der Waals surface area (Å²) in [6, 6.07) is 16.2. The third-order valence-corrected chi connectivity index (χ3v) is 5.06. The van der Waals surface area contributed by atoms with E-state index in [0.29, 0.717) is 17.8 Å². The molecule has 6 heteroatoms. The SMILES string of the molecule is COC(=O)c1ccc(C2=NC[C@@H]3C(=O)N(Cc4ccccc4)C(=O)[C@H]23)cc1. The molecule has 0 unspecified atom stereocenters. The van der Waals surface area contributed by atoms with E-state index >= 15 is 0 Å². The van der Waals surface area contributed by atoms with Crippen LogP contribution in [0.2, 0.25) is 0 Å². The summed E-state index contributed by atoms with van der Waals surface area (Å²) in [5.41, 5.74) is 2.71. The van der Waals surface area contributed by atoms with Crippen LogP contribution in [-0.2, 0) is 20.9 Å². The van der Waals surface area contributed by atoms with Gasteiger partial charge < -0.3 is 4.74 Å². The van der Waals surface area contributed by atoms with Gasteiger partial charge in [-0.05, 0) is 23.3 Å². The van der Waals surface area contributed by atoms with Gasteiger partial charge in [-0.25, -0.2) is 4.79 Å². The molecule has 0 spiro atoms. The minimum absolute atomic E-state index is 0.168. The number of methoxy groups -OCH3 is 1. The number of amides is 2. The monoisotopic (exact) mass is 362 g/mol. The normalized spacial score (nSPS) is 21.2. The molecule has 0 N–H and O–H groups in total. The second-order valence-electron chi connectivity index (χ2n) is 6.63. The fraction of sp³-hybridized carbons (Fsp3) is 0.238. The molecule has 2 aromatic rings. The van der Waals surface area contributed by atoms with E-state index in [9.17, 15) is 14.4 Å². The molecule has 1 fully saturated rings. The molecule has 2 aliphatic heterocycles. The van der Waals surface area contributed by atoms with Crippen molar-refractivity contribution in [3.63, 3.8) is 0 Å². The molecule has 0 aromatic heterocycles. The van der Waals surface area contributed by atoms with E-state index in [1.165, 1.54) is 12.0 Å². The van der Waals surface area contributed by atoms with Gasteiger partial charge in [-0.15, -0.1) is 0 Å². The summed E-state index contributed by atoms with van der Waals surface area (Å²) >= 11 is 0. The third kappa shape index (κ3) is 2.93. The molecule has 0 radical (unpaired) electrons. The lowest BCUT2D eigenvalue weighted by atomic mass is 9.90. The van der Waals surface area contributed by atoms with Crippen LogP contribution in [0.15, 0.2) is 59.6 Å². The number of esters is 1. The van der Waals surface area contributed by atoms with E-state index in [1.807, 2.05) is 30.3 Å². The van der Waals surface area contributed by atoms with Crippen molar-refractivity contribution in [2.45, 2.75) is 6.54 Å². The molecule has 2 aromatic carbocycles. The molecule has 1 saturated heterocycles. The first-order chi connectivity index (χ1) is 13.1. The molecule has 136 valence electrons. The number of imide groups is 1. The van der Waals surface area contributed by atoms with Gasteiger partial charge in [-0.1, -0.05) is 42.5 Å². The maximum atomic E-state index is 13.0. The van der Waals surface area contributed by atoms with Gasteiger partial charge in [0.2, 0.25) is 11.8 Å². The lowest BCUT2D eigenvalue weighted by molar-refractivity contribution is -0.140. The first-order valence-electron chi connectivity index (χ1n) is 8.72. The van der Waals surface area contributed by atoms with Crippen molar-refractivity contribution in [3.05, 3.63) is 71.3 Å². The van der Waals surface area contributed by atoms with Gasteiger partial charge in [-0.3, -0.25) is 19.5 Å².